The van der Waals surface area contributed by atoms with Crippen LogP contribution in [-0.4, -0.2) is 49.2 Å². The number of hydrogen-bond donors (Lipinski definition) is 1. The topological polar surface area (TPSA) is 119 Å². The van der Waals surface area contributed by atoms with Crippen LogP contribution in [0.25, 0.3) is 0 Å². The highest BCUT2D eigenvalue weighted by atomic mass is 16.6. The number of carbonyl (C=O) groups is 2. The number of carboxylic acid groups (broad SMARTS) is 1. The lowest BCUT2D eigenvalue weighted by atomic mass is 9.90. The van der Waals surface area contributed by atoms with Gasteiger partial charge < -0.3 is 10.0 Å². The van der Waals surface area contributed by atoms with Crippen LogP contribution >= 0.6 is 0 Å². The maximum Gasteiger partial charge on any atom is 0.308 e. The monoisotopic (exact) mass is 296 g/mol. The highest BCUT2D eigenvalue weighted by Gasteiger charge is 2.35. The van der Waals surface area contributed by atoms with Gasteiger partial charge in [0.2, 0.25) is 5.91 Å². The number of aromatic nitrogens is 2. The zero-order chi connectivity index (χ0) is 15.6. The van der Waals surface area contributed by atoms with E-state index in [0.29, 0.717) is 19.4 Å². The third kappa shape index (κ3) is 3.18. The molecule has 1 aromatic heterocycles. The number of amides is 1. The Kier molecular flexibility index (Phi) is 4.20. The molecule has 2 heterocycles. The molecule has 1 aromatic rings. The van der Waals surface area contributed by atoms with Gasteiger partial charge in [-0.05, 0) is 19.8 Å². The molecule has 2 rings (SSSR count). The van der Waals surface area contributed by atoms with E-state index in [9.17, 15) is 19.7 Å². The summed E-state index contributed by atoms with van der Waals surface area (Å²) in [4.78, 5) is 34.9. The Hall–Kier alpha value is -2.45. The lowest BCUT2D eigenvalue weighted by molar-refractivity contribution is -0.385. The minimum Gasteiger partial charge on any atom is -0.481 e. The summed E-state index contributed by atoms with van der Waals surface area (Å²) in [5.41, 5.74) is -0.182. The normalized spacial score (nSPS) is 22.0. The van der Waals surface area contributed by atoms with Crippen LogP contribution in [0.2, 0.25) is 0 Å². The van der Waals surface area contributed by atoms with Crippen LogP contribution in [0.5, 0.6) is 0 Å². The summed E-state index contributed by atoms with van der Waals surface area (Å²) >= 11 is 0. The molecule has 0 saturated carbocycles. The number of piperidine rings is 1. The largest absolute Gasteiger partial charge is 0.481 e. The molecule has 0 radical (unpaired) electrons. The van der Waals surface area contributed by atoms with E-state index in [2.05, 4.69) is 5.10 Å². The summed E-state index contributed by atoms with van der Waals surface area (Å²) < 4.78 is 1.19. The van der Waals surface area contributed by atoms with E-state index >= 15 is 0 Å². The van der Waals surface area contributed by atoms with Gasteiger partial charge in [-0.1, -0.05) is 0 Å². The van der Waals surface area contributed by atoms with Crippen molar-refractivity contribution in [2.24, 2.45) is 5.92 Å². The van der Waals surface area contributed by atoms with Gasteiger partial charge in [0.15, 0.2) is 0 Å². The third-order valence-corrected chi connectivity index (χ3v) is 3.75. The maximum atomic E-state index is 12.2. The van der Waals surface area contributed by atoms with Crippen molar-refractivity contribution >= 4 is 17.6 Å². The van der Waals surface area contributed by atoms with Crippen LogP contribution < -0.4 is 0 Å². The minimum absolute atomic E-state index is 0.134. The van der Waals surface area contributed by atoms with Gasteiger partial charge in [-0.2, -0.15) is 5.10 Å². The molecule has 0 aliphatic carbocycles. The van der Waals surface area contributed by atoms with Crippen molar-refractivity contribution in [2.75, 3.05) is 6.54 Å². The van der Waals surface area contributed by atoms with E-state index in [1.165, 1.54) is 15.8 Å². The number of hydrogen-bond acceptors (Lipinski definition) is 5. The third-order valence-electron chi connectivity index (χ3n) is 3.75. The molecule has 0 spiro atoms. The van der Waals surface area contributed by atoms with Crippen molar-refractivity contribution in [3.05, 3.63) is 22.5 Å². The Balaban J connectivity index is 2.04. The second-order valence-electron chi connectivity index (χ2n) is 5.07. The second-order valence-corrected chi connectivity index (χ2v) is 5.07. The SMILES string of the molecule is C[C@@H]1[C@H](C(=O)O)CCCN1C(=O)Cn1cc([N+](=O)[O-])cn1. The van der Waals surface area contributed by atoms with Crippen molar-refractivity contribution in [2.45, 2.75) is 32.4 Å². The Bertz CT molecular complexity index is 570. The summed E-state index contributed by atoms with van der Waals surface area (Å²) in [7, 11) is 0. The van der Waals surface area contributed by atoms with E-state index in [0.717, 1.165) is 6.20 Å². The fraction of sp³-hybridized carbons (Fsp3) is 0.583. The first-order chi connectivity index (χ1) is 9.90. The Morgan fingerprint density at radius 3 is 2.86 bits per heavy atom. The lowest BCUT2D eigenvalue weighted by Gasteiger charge is -2.37. The summed E-state index contributed by atoms with van der Waals surface area (Å²) in [5, 5.41) is 23.5. The molecule has 21 heavy (non-hydrogen) atoms. The van der Waals surface area contributed by atoms with E-state index in [4.69, 9.17) is 5.11 Å². The summed E-state index contributed by atoms with van der Waals surface area (Å²) in [6.07, 6.45) is 3.44. The quantitative estimate of drug-likeness (QED) is 0.638. The summed E-state index contributed by atoms with van der Waals surface area (Å²) in [6.45, 7) is 2.07. The molecule has 1 N–H and O–H groups in total. The first kappa shape index (κ1) is 14.9. The highest BCUT2D eigenvalue weighted by molar-refractivity contribution is 5.78. The van der Waals surface area contributed by atoms with Crippen LogP contribution in [0.3, 0.4) is 0 Å². The predicted molar refractivity (Wildman–Crippen MR) is 70.4 cm³/mol. The summed E-state index contributed by atoms with van der Waals surface area (Å²) in [5.74, 6) is -1.77. The minimum atomic E-state index is -0.908. The van der Waals surface area contributed by atoms with Gasteiger partial charge in [0.25, 0.3) is 0 Å². The van der Waals surface area contributed by atoms with Crippen LogP contribution in [0, 0.1) is 16.0 Å². The van der Waals surface area contributed by atoms with Gasteiger partial charge in [-0.25, -0.2) is 0 Å². The maximum absolute atomic E-state index is 12.2. The highest BCUT2D eigenvalue weighted by Crippen LogP contribution is 2.24. The summed E-state index contributed by atoms with van der Waals surface area (Å²) in [6, 6.07) is -0.394. The fourth-order valence-electron chi connectivity index (χ4n) is 2.59. The molecule has 9 heteroatoms. The molecular formula is C12H16N4O5. The molecule has 0 aromatic carbocycles. The average molecular weight is 296 g/mol. The molecule has 1 saturated heterocycles. The Labute approximate surface area is 120 Å². The molecule has 114 valence electrons. The van der Waals surface area contributed by atoms with Crippen molar-refractivity contribution in [3.63, 3.8) is 0 Å². The molecule has 1 aliphatic heterocycles. The number of nitro groups is 1. The zero-order valence-electron chi connectivity index (χ0n) is 11.5. The van der Waals surface area contributed by atoms with Crippen LogP contribution in [0.1, 0.15) is 19.8 Å². The smallest absolute Gasteiger partial charge is 0.308 e. The number of carboxylic acids is 1. The van der Waals surface area contributed by atoms with Gasteiger partial charge in [0, 0.05) is 12.6 Å². The van der Waals surface area contributed by atoms with Crippen molar-refractivity contribution in [3.8, 4) is 0 Å². The number of aliphatic carboxylic acids is 1. The first-order valence-corrected chi connectivity index (χ1v) is 6.59. The second kappa shape index (κ2) is 5.90. The van der Waals surface area contributed by atoms with Crippen molar-refractivity contribution in [1.29, 1.82) is 0 Å². The molecular weight excluding hydrogens is 280 g/mol. The number of nitrogens with zero attached hydrogens (tertiary/aromatic N) is 4. The standard InChI is InChI=1S/C12H16N4O5/c1-8-10(12(18)19)3-2-4-15(8)11(17)7-14-6-9(5-13-14)16(20)21/h5-6,8,10H,2-4,7H2,1H3,(H,18,19)/t8-,10-/m1/s1. The number of rotatable bonds is 4. The Morgan fingerprint density at radius 2 is 2.29 bits per heavy atom. The zero-order valence-corrected chi connectivity index (χ0v) is 11.5. The van der Waals surface area contributed by atoms with E-state index in [1.807, 2.05) is 0 Å². The molecule has 0 bridgehead atoms. The predicted octanol–water partition coefficient (Wildman–Crippen LogP) is 0.503. The fourth-order valence-corrected chi connectivity index (χ4v) is 2.59. The Morgan fingerprint density at radius 1 is 1.57 bits per heavy atom. The van der Waals surface area contributed by atoms with E-state index < -0.39 is 22.9 Å². The average Bonchev–Trinajstić information content (AvgIpc) is 2.87. The van der Waals surface area contributed by atoms with Crippen molar-refractivity contribution in [1.82, 2.24) is 14.7 Å². The molecule has 1 aliphatic rings. The van der Waals surface area contributed by atoms with Crippen LogP contribution in [0.15, 0.2) is 12.4 Å². The number of carbonyl (C=O) groups excluding carboxylic acids is 1. The van der Waals surface area contributed by atoms with Gasteiger partial charge in [0.05, 0.1) is 10.8 Å². The van der Waals surface area contributed by atoms with E-state index in [-0.39, 0.29) is 18.1 Å². The first-order valence-electron chi connectivity index (χ1n) is 6.59. The molecule has 1 fully saturated rings. The van der Waals surface area contributed by atoms with Gasteiger partial charge in [-0.3, -0.25) is 24.4 Å². The van der Waals surface area contributed by atoms with Crippen molar-refractivity contribution < 1.29 is 19.6 Å². The van der Waals surface area contributed by atoms with Gasteiger partial charge >= 0.3 is 11.7 Å². The van der Waals surface area contributed by atoms with Crippen LogP contribution in [-0.2, 0) is 16.1 Å². The molecule has 0 unspecified atom stereocenters. The molecule has 9 nitrogen and oxygen atoms in total. The molecule has 2 atom stereocenters. The lowest BCUT2D eigenvalue weighted by Crippen LogP contribution is -2.50. The number of likely N-dealkylation sites (tertiary alicyclic amines) is 1. The van der Waals surface area contributed by atoms with Gasteiger partial charge in [0.1, 0.15) is 18.9 Å². The molecule has 1 amide bonds. The van der Waals surface area contributed by atoms with E-state index in [1.54, 1.807) is 6.92 Å². The van der Waals surface area contributed by atoms with Crippen LogP contribution in [0.4, 0.5) is 5.69 Å². The van der Waals surface area contributed by atoms with Gasteiger partial charge in [-0.15, -0.1) is 0 Å².